The summed E-state index contributed by atoms with van der Waals surface area (Å²) in [5.74, 6) is 0. The van der Waals surface area contributed by atoms with E-state index in [1.807, 2.05) is 12.4 Å². The van der Waals surface area contributed by atoms with Gasteiger partial charge in [-0.25, -0.2) is 0 Å². The van der Waals surface area contributed by atoms with Crippen molar-refractivity contribution in [2.24, 2.45) is 0 Å². The number of pyridine rings is 1. The molecule has 0 spiro atoms. The number of fused-ring (bicyclic) bond motifs is 4. The second kappa shape index (κ2) is 2.12. The highest BCUT2D eigenvalue weighted by Gasteiger charge is 2.29. The van der Waals surface area contributed by atoms with Crippen molar-refractivity contribution in [2.75, 3.05) is 23.3 Å². The second-order valence-electron chi connectivity index (χ2n) is 3.47. The quantitative estimate of drug-likeness (QED) is 0.617. The van der Waals surface area contributed by atoms with E-state index in [-0.39, 0.29) is 0 Å². The molecule has 3 rings (SSSR count). The highest BCUT2D eigenvalue weighted by molar-refractivity contribution is 5.72. The van der Waals surface area contributed by atoms with Crippen molar-refractivity contribution >= 4 is 11.4 Å². The van der Waals surface area contributed by atoms with Gasteiger partial charge in [-0.05, 0) is 12.5 Å². The van der Waals surface area contributed by atoms with E-state index in [2.05, 4.69) is 21.3 Å². The van der Waals surface area contributed by atoms with Crippen LogP contribution in [0.15, 0.2) is 18.5 Å². The Morgan fingerprint density at radius 2 is 2.58 bits per heavy atom. The molecule has 2 aliphatic heterocycles. The molecule has 2 bridgehead atoms. The molecule has 3 nitrogen and oxygen atoms in total. The Balaban J connectivity index is 2.13. The van der Waals surface area contributed by atoms with Crippen molar-refractivity contribution in [3.8, 4) is 0 Å². The Kier molecular flexibility index (Phi) is 1.11. The molecule has 1 N–H and O–H groups in total. The van der Waals surface area contributed by atoms with Crippen LogP contribution in [0.4, 0.5) is 11.4 Å². The lowest BCUT2D eigenvalue weighted by molar-refractivity contribution is 0.795. The molecule has 1 saturated heterocycles. The molecule has 0 aliphatic carbocycles. The maximum Gasteiger partial charge on any atom is 0.0789 e. The number of rotatable bonds is 0. The SMILES string of the molecule is c1cc2c(cn1)N1CCC(C1)N2. The van der Waals surface area contributed by atoms with Crippen LogP contribution in [0.2, 0.25) is 0 Å². The van der Waals surface area contributed by atoms with Gasteiger partial charge in [0.05, 0.1) is 17.6 Å². The molecule has 0 aromatic carbocycles. The number of hydrogen-bond acceptors (Lipinski definition) is 3. The Morgan fingerprint density at radius 3 is 3.58 bits per heavy atom. The minimum absolute atomic E-state index is 0.667. The van der Waals surface area contributed by atoms with Crippen LogP contribution in [0.1, 0.15) is 6.42 Å². The van der Waals surface area contributed by atoms with Crippen LogP contribution < -0.4 is 10.2 Å². The molecule has 1 aromatic rings. The number of nitrogens with one attached hydrogen (secondary N) is 1. The smallest absolute Gasteiger partial charge is 0.0789 e. The normalized spacial score (nSPS) is 25.0. The third-order valence-electron chi connectivity index (χ3n) is 2.69. The second-order valence-corrected chi connectivity index (χ2v) is 3.47. The van der Waals surface area contributed by atoms with Gasteiger partial charge in [0.1, 0.15) is 0 Å². The summed E-state index contributed by atoms with van der Waals surface area (Å²) >= 11 is 0. The van der Waals surface area contributed by atoms with Crippen LogP contribution in [-0.2, 0) is 0 Å². The van der Waals surface area contributed by atoms with E-state index in [0.717, 1.165) is 6.54 Å². The molecule has 1 aromatic heterocycles. The molecule has 0 amide bonds. The van der Waals surface area contributed by atoms with Crippen LogP contribution in [0.5, 0.6) is 0 Å². The summed E-state index contributed by atoms with van der Waals surface area (Å²) in [4.78, 5) is 6.54. The first-order valence-electron chi connectivity index (χ1n) is 4.39. The number of nitrogens with zero attached hydrogens (tertiary/aromatic N) is 2. The van der Waals surface area contributed by atoms with Crippen molar-refractivity contribution in [2.45, 2.75) is 12.5 Å². The summed E-state index contributed by atoms with van der Waals surface area (Å²) < 4.78 is 0. The molecule has 2 aliphatic rings. The van der Waals surface area contributed by atoms with E-state index in [1.165, 1.54) is 24.3 Å². The van der Waals surface area contributed by atoms with Gasteiger partial charge in [-0.1, -0.05) is 0 Å². The van der Waals surface area contributed by atoms with Gasteiger partial charge in [-0.3, -0.25) is 4.98 Å². The Labute approximate surface area is 71.4 Å². The van der Waals surface area contributed by atoms with Crippen LogP contribution in [0.25, 0.3) is 0 Å². The Hall–Kier alpha value is -1.25. The number of hydrogen-bond donors (Lipinski definition) is 1. The van der Waals surface area contributed by atoms with Gasteiger partial charge in [0.25, 0.3) is 0 Å². The predicted octanol–water partition coefficient (Wildman–Crippen LogP) is 1.09. The van der Waals surface area contributed by atoms with E-state index in [4.69, 9.17) is 0 Å². The summed E-state index contributed by atoms with van der Waals surface area (Å²) in [5, 5.41) is 3.51. The highest BCUT2D eigenvalue weighted by Crippen LogP contribution is 2.33. The maximum absolute atomic E-state index is 4.13. The van der Waals surface area contributed by atoms with Gasteiger partial charge in [0, 0.05) is 25.3 Å². The molecule has 3 heteroatoms. The van der Waals surface area contributed by atoms with E-state index < -0.39 is 0 Å². The minimum Gasteiger partial charge on any atom is -0.379 e. The molecule has 3 heterocycles. The molecule has 1 unspecified atom stereocenters. The standard InChI is InChI=1S/C9H11N3/c1-3-10-5-9-8(1)11-7-2-4-12(9)6-7/h1,3,5,7,11H,2,4,6H2. The van der Waals surface area contributed by atoms with Crippen molar-refractivity contribution in [1.29, 1.82) is 0 Å². The molecular weight excluding hydrogens is 150 g/mol. The molecule has 12 heavy (non-hydrogen) atoms. The Morgan fingerprint density at radius 1 is 1.58 bits per heavy atom. The predicted molar refractivity (Wildman–Crippen MR) is 48.5 cm³/mol. The van der Waals surface area contributed by atoms with E-state index in [0.29, 0.717) is 6.04 Å². The van der Waals surface area contributed by atoms with E-state index in [1.54, 1.807) is 0 Å². The fourth-order valence-corrected chi connectivity index (χ4v) is 2.08. The zero-order chi connectivity index (χ0) is 7.97. The van der Waals surface area contributed by atoms with Gasteiger partial charge < -0.3 is 10.2 Å². The van der Waals surface area contributed by atoms with Crippen molar-refractivity contribution < 1.29 is 0 Å². The summed E-state index contributed by atoms with van der Waals surface area (Å²) in [6, 6.07) is 2.72. The lowest BCUT2D eigenvalue weighted by atomic mass is 10.2. The largest absolute Gasteiger partial charge is 0.379 e. The number of aromatic nitrogens is 1. The maximum atomic E-state index is 4.13. The average molecular weight is 161 g/mol. The first-order chi connectivity index (χ1) is 5.93. The minimum atomic E-state index is 0.667. The summed E-state index contributed by atoms with van der Waals surface area (Å²) in [6.45, 7) is 2.33. The average Bonchev–Trinajstić information content (AvgIpc) is 2.49. The molecule has 1 atom stereocenters. The van der Waals surface area contributed by atoms with E-state index >= 15 is 0 Å². The molecule has 0 radical (unpaired) electrons. The highest BCUT2D eigenvalue weighted by atomic mass is 15.2. The molecule has 0 saturated carbocycles. The first-order valence-corrected chi connectivity index (χ1v) is 4.39. The third kappa shape index (κ3) is 0.734. The topological polar surface area (TPSA) is 28.2 Å². The van der Waals surface area contributed by atoms with Crippen LogP contribution >= 0.6 is 0 Å². The lowest BCUT2D eigenvalue weighted by Crippen LogP contribution is -2.31. The van der Waals surface area contributed by atoms with Gasteiger partial charge in [0.15, 0.2) is 0 Å². The molecule has 1 fully saturated rings. The van der Waals surface area contributed by atoms with Crippen LogP contribution in [0, 0.1) is 0 Å². The Bertz CT molecular complexity index is 310. The van der Waals surface area contributed by atoms with Crippen LogP contribution in [0.3, 0.4) is 0 Å². The number of anilines is 2. The summed E-state index contributed by atoms with van der Waals surface area (Å²) in [6.07, 6.45) is 5.05. The van der Waals surface area contributed by atoms with Gasteiger partial charge in [-0.15, -0.1) is 0 Å². The van der Waals surface area contributed by atoms with Gasteiger partial charge in [-0.2, -0.15) is 0 Å². The molecule has 62 valence electrons. The fraction of sp³-hybridized carbons (Fsp3) is 0.444. The monoisotopic (exact) mass is 161 g/mol. The fourth-order valence-electron chi connectivity index (χ4n) is 2.08. The van der Waals surface area contributed by atoms with Gasteiger partial charge >= 0.3 is 0 Å². The summed E-state index contributed by atoms with van der Waals surface area (Å²) in [7, 11) is 0. The van der Waals surface area contributed by atoms with Gasteiger partial charge in [0.2, 0.25) is 0 Å². The zero-order valence-electron chi connectivity index (χ0n) is 6.83. The molecular formula is C9H11N3. The summed E-state index contributed by atoms with van der Waals surface area (Å²) in [5.41, 5.74) is 2.52. The first kappa shape index (κ1) is 6.29. The van der Waals surface area contributed by atoms with E-state index in [9.17, 15) is 0 Å². The van der Waals surface area contributed by atoms with Crippen molar-refractivity contribution in [3.05, 3.63) is 18.5 Å². The van der Waals surface area contributed by atoms with Crippen LogP contribution in [-0.4, -0.2) is 24.1 Å². The third-order valence-corrected chi connectivity index (χ3v) is 2.69. The van der Waals surface area contributed by atoms with Crippen molar-refractivity contribution in [1.82, 2.24) is 4.98 Å². The van der Waals surface area contributed by atoms with Crippen molar-refractivity contribution in [3.63, 3.8) is 0 Å². The lowest BCUT2D eigenvalue weighted by Gasteiger charge is -2.27. The zero-order valence-corrected chi connectivity index (χ0v) is 6.83.